The van der Waals surface area contributed by atoms with Crippen molar-refractivity contribution in [3.05, 3.63) is 12.0 Å². The van der Waals surface area contributed by atoms with Gasteiger partial charge in [-0.3, -0.25) is 0 Å². The first-order valence-corrected chi connectivity index (χ1v) is 8.33. The van der Waals surface area contributed by atoms with Crippen LogP contribution < -0.4 is 5.73 Å². The van der Waals surface area contributed by atoms with Crippen molar-refractivity contribution < 1.29 is 8.42 Å². The van der Waals surface area contributed by atoms with Crippen molar-refractivity contribution in [2.24, 2.45) is 5.73 Å². The summed E-state index contributed by atoms with van der Waals surface area (Å²) < 4.78 is 28.5. The molecule has 1 aromatic rings. The number of aryl methyl sites for hydroxylation is 2. The second-order valence-corrected chi connectivity index (χ2v) is 7.30. The molecule has 3 rings (SSSR count). The van der Waals surface area contributed by atoms with Gasteiger partial charge < -0.3 is 10.3 Å². The highest BCUT2D eigenvalue weighted by Gasteiger charge is 2.31. The average Bonchev–Trinajstić information content (AvgIpc) is 2.83. The largest absolute Gasteiger partial charge is 0.333 e. The van der Waals surface area contributed by atoms with Gasteiger partial charge in [0, 0.05) is 38.3 Å². The smallest absolute Gasteiger partial charge is 0.262 e. The van der Waals surface area contributed by atoms with Crippen molar-refractivity contribution in [1.29, 1.82) is 0 Å². The zero-order valence-corrected chi connectivity index (χ0v) is 11.8. The summed E-state index contributed by atoms with van der Waals surface area (Å²) in [7, 11) is -3.47. The highest BCUT2D eigenvalue weighted by atomic mass is 32.2. The van der Waals surface area contributed by atoms with Crippen LogP contribution in [0.4, 0.5) is 0 Å². The fourth-order valence-electron chi connectivity index (χ4n) is 2.84. The molecule has 0 amide bonds. The minimum Gasteiger partial charge on any atom is -0.333 e. The minimum absolute atomic E-state index is 0.0548. The molecule has 2 aliphatic heterocycles. The fourth-order valence-corrected chi connectivity index (χ4v) is 4.34. The van der Waals surface area contributed by atoms with Gasteiger partial charge in [-0.05, 0) is 25.7 Å². The highest BCUT2D eigenvalue weighted by Crippen LogP contribution is 2.22. The molecular weight excluding hydrogens is 264 g/mol. The van der Waals surface area contributed by atoms with E-state index in [1.807, 2.05) is 4.57 Å². The lowest BCUT2D eigenvalue weighted by atomic mass is 10.1. The van der Waals surface area contributed by atoms with Crippen LogP contribution in [0.1, 0.15) is 31.5 Å². The summed E-state index contributed by atoms with van der Waals surface area (Å²) in [5.74, 6) is 0.895. The number of imidazole rings is 1. The van der Waals surface area contributed by atoms with Gasteiger partial charge in [0.25, 0.3) is 10.0 Å². The maximum Gasteiger partial charge on any atom is 0.262 e. The summed E-state index contributed by atoms with van der Waals surface area (Å²) in [4.78, 5) is 4.32. The van der Waals surface area contributed by atoms with Crippen LogP contribution in [0, 0.1) is 0 Å². The maximum absolute atomic E-state index is 12.5. The molecule has 2 N–H and O–H groups in total. The summed E-state index contributed by atoms with van der Waals surface area (Å²) in [5, 5.41) is 0.193. The van der Waals surface area contributed by atoms with Crippen LogP contribution in [0.3, 0.4) is 0 Å². The molecular formula is C12H20N4O2S. The van der Waals surface area contributed by atoms with E-state index < -0.39 is 10.0 Å². The van der Waals surface area contributed by atoms with Crippen molar-refractivity contribution >= 4 is 10.0 Å². The van der Waals surface area contributed by atoms with E-state index in [-0.39, 0.29) is 11.1 Å². The molecule has 7 heteroatoms. The predicted octanol–water partition coefficient (Wildman–Crippen LogP) is 0.331. The Morgan fingerprint density at radius 3 is 2.84 bits per heavy atom. The van der Waals surface area contributed by atoms with Crippen LogP contribution in [-0.4, -0.2) is 41.4 Å². The van der Waals surface area contributed by atoms with Crippen LogP contribution in [0.15, 0.2) is 11.2 Å². The van der Waals surface area contributed by atoms with Crippen molar-refractivity contribution in [3.63, 3.8) is 0 Å². The molecule has 0 unspecified atom stereocenters. The molecule has 19 heavy (non-hydrogen) atoms. The summed E-state index contributed by atoms with van der Waals surface area (Å²) in [6.07, 6.45) is 6.46. The number of hydrogen-bond donors (Lipinski definition) is 1. The van der Waals surface area contributed by atoms with Gasteiger partial charge in [0.2, 0.25) is 0 Å². The molecule has 3 heterocycles. The van der Waals surface area contributed by atoms with Crippen molar-refractivity contribution in [1.82, 2.24) is 13.9 Å². The third-order valence-corrected chi connectivity index (χ3v) is 5.65. The average molecular weight is 284 g/mol. The molecule has 0 aromatic carbocycles. The number of nitrogens with two attached hydrogens (primary N) is 1. The normalized spacial score (nSPS) is 25.2. The summed E-state index contributed by atoms with van der Waals surface area (Å²) >= 11 is 0. The van der Waals surface area contributed by atoms with Gasteiger partial charge in [-0.1, -0.05) is 0 Å². The van der Waals surface area contributed by atoms with Gasteiger partial charge in [0.05, 0.1) is 0 Å². The van der Waals surface area contributed by atoms with E-state index in [0.29, 0.717) is 13.1 Å². The summed E-state index contributed by atoms with van der Waals surface area (Å²) in [6, 6.07) is -0.0548. The topological polar surface area (TPSA) is 81.2 Å². The van der Waals surface area contributed by atoms with E-state index in [9.17, 15) is 8.42 Å². The van der Waals surface area contributed by atoms with E-state index in [2.05, 4.69) is 4.98 Å². The lowest BCUT2D eigenvalue weighted by molar-refractivity contribution is 0.315. The predicted molar refractivity (Wildman–Crippen MR) is 71.1 cm³/mol. The Bertz CT molecular complexity index is 543. The maximum atomic E-state index is 12.5. The lowest BCUT2D eigenvalue weighted by Gasteiger charge is -2.29. The first-order chi connectivity index (χ1) is 9.07. The highest BCUT2D eigenvalue weighted by molar-refractivity contribution is 7.89. The second kappa shape index (κ2) is 4.88. The van der Waals surface area contributed by atoms with Gasteiger partial charge >= 0.3 is 0 Å². The van der Waals surface area contributed by atoms with Crippen molar-refractivity contribution in [3.8, 4) is 0 Å². The number of hydrogen-bond acceptors (Lipinski definition) is 4. The Balaban J connectivity index is 1.89. The SMILES string of the molecule is N[C@@H]1CCCN(S(=O)(=O)c2cn3c(n2)CCCC3)C1. The standard InChI is InChI=1S/C12H20N4O2S/c13-10-4-3-7-16(8-10)19(17,18)12-9-15-6-2-1-5-11(15)14-12/h9-10H,1-8,13H2/t10-/m1/s1. The molecule has 2 aliphatic rings. The fraction of sp³-hybridized carbons (Fsp3) is 0.750. The molecule has 0 aliphatic carbocycles. The van der Waals surface area contributed by atoms with Crippen LogP contribution in [-0.2, 0) is 23.0 Å². The molecule has 106 valence electrons. The van der Waals surface area contributed by atoms with E-state index in [1.54, 1.807) is 6.20 Å². The third-order valence-electron chi connectivity index (χ3n) is 3.91. The Hall–Kier alpha value is -0.920. The van der Waals surface area contributed by atoms with Crippen LogP contribution in [0.5, 0.6) is 0 Å². The molecule has 0 bridgehead atoms. The van der Waals surface area contributed by atoms with E-state index >= 15 is 0 Å². The molecule has 1 saturated heterocycles. The van der Waals surface area contributed by atoms with Crippen molar-refractivity contribution in [2.75, 3.05) is 13.1 Å². The molecule has 1 aromatic heterocycles. The van der Waals surface area contributed by atoms with E-state index in [1.165, 1.54) is 4.31 Å². The molecule has 0 spiro atoms. The quantitative estimate of drug-likeness (QED) is 0.848. The molecule has 0 saturated carbocycles. The number of fused-ring (bicyclic) bond motifs is 1. The number of aromatic nitrogens is 2. The lowest BCUT2D eigenvalue weighted by Crippen LogP contribution is -2.45. The Labute approximate surface area is 113 Å². The minimum atomic E-state index is -3.47. The van der Waals surface area contributed by atoms with Gasteiger partial charge in [0.1, 0.15) is 5.82 Å². The monoisotopic (exact) mass is 284 g/mol. The zero-order valence-electron chi connectivity index (χ0n) is 11.0. The van der Waals surface area contributed by atoms with E-state index in [0.717, 1.165) is 44.5 Å². The second-order valence-electron chi connectivity index (χ2n) is 5.41. The molecule has 1 atom stereocenters. The number of piperidine rings is 1. The summed E-state index contributed by atoms with van der Waals surface area (Å²) in [5.41, 5.74) is 5.87. The van der Waals surface area contributed by atoms with Gasteiger partial charge in [-0.25, -0.2) is 13.4 Å². The van der Waals surface area contributed by atoms with E-state index in [4.69, 9.17) is 5.73 Å². The number of nitrogens with zero attached hydrogens (tertiary/aromatic N) is 3. The first-order valence-electron chi connectivity index (χ1n) is 6.89. The van der Waals surface area contributed by atoms with Crippen LogP contribution in [0.2, 0.25) is 0 Å². The first kappa shape index (κ1) is 13.1. The molecule has 6 nitrogen and oxygen atoms in total. The molecule has 0 radical (unpaired) electrons. The Kier molecular flexibility index (Phi) is 3.36. The van der Waals surface area contributed by atoms with Gasteiger partial charge in [0.15, 0.2) is 5.03 Å². The van der Waals surface area contributed by atoms with Gasteiger partial charge in [-0.15, -0.1) is 0 Å². The number of sulfonamides is 1. The van der Waals surface area contributed by atoms with Crippen LogP contribution in [0.25, 0.3) is 0 Å². The molecule has 1 fully saturated rings. The van der Waals surface area contributed by atoms with Crippen molar-refractivity contribution in [2.45, 2.75) is 49.7 Å². The third kappa shape index (κ3) is 2.42. The van der Waals surface area contributed by atoms with Gasteiger partial charge in [-0.2, -0.15) is 4.31 Å². The Morgan fingerprint density at radius 2 is 2.11 bits per heavy atom. The number of rotatable bonds is 2. The van der Waals surface area contributed by atoms with Crippen LogP contribution >= 0.6 is 0 Å². The zero-order chi connectivity index (χ0) is 13.5. The Morgan fingerprint density at radius 1 is 1.26 bits per heavy atom. The summed E-state index contributed by atoms with van der Waals surface area (Å²) in [6.45, 7) is 1.83.